The molecule has 0 aromatic heterocycles. The third kappa shape index (κ3) is 3.54. The standard InChI is InChI=1S/C16H22BrNO2/c17-12-4-5-16-14(11-12)15(7-10-20-16)18-8-6-13-3-1-2-9-19-13/h4-5,11,13,15,18H,1-3,6-10H2. The largest absolute Gasteiger partial charge is 0.493 e. The number of benzene rings is 1. The Morgan fingerprint density at radius 3 is 3.00 bits per heavy atom. The summed E-state index contributed by atoms with van der Waals surface area (Å²) in [7, 11) is 0. The molecule has 2 unspecified atom stereocenters. The van der Waals surface area contributed by atoms with E-state index in [0.29, 0.717) is 12.1 Å². The third-order valence-corrected chi connectivity index (χ3v) is 4.64. The van der Waals surface area contributed by atoms with Crippen LogP contribution in [0.5, 0.6) is 5.75 Å². The van der Waals surface area contributed by atoms with Crippen molar-refractivity contribution in [3.8, 4) is 5.75 Å². The van der Waals surface area contributed by atoms with Crippen molar-refractivity contribution in [2.75, 3.05) is 19.8 Å². The summed E-state index contributed by atoms with van der Waals surface area (Å²) in [6.45, 7) is 2.76. The summed E-state index contributed by atoms with van der Waals surface area (Å²) in [5.41, 5.74) is 1.27. The van der Waals surface area contributed by atoms with Crippen molar-refractivity contribution >= 4 is 15.9 Å². The zero-order valence-corrected chi connectivity index (χ0v) is 13.3. The molecule has 0 amide bonds. The molecular weight excluding hydrogens is 318 g/mol. The molecule has 0 radical (unpaired) electrons. The first-order valence-electron chi connectivity index (χ1n) is 7.60. The average molecular weight is 340 g/mol. The lowest BCUT2D eigenvalue weighted by molar-refractivity contribution is 0.0110. The van der Waals surface area contributed by atoms with E-state index in [1.807, 2.05) is 6.07 Å². The minimum absolute atomic E-state index is 0.403. The maximum Gasteiger partial charge on any atom is 0.124 e. The first-order valence-corrected chi connectivity index (χ1v) is 8.39. The Morgan fingerprint density at radius 1 is 1.20 bits per heavy atom. The Balaban J connectivity index is 1.54. The van der Waals surface area contributed by atoms with Crippen molar-refractivity contribution in [2.45, 2.75) is 44.2 Å². The Bertz CT molecular complexity index is 446. The Hall–Kier alpha value is -0.580. The second-order valence-electron chi connectivity index (χ2n) is 5.60. The summed E-state index contributed by atoms with van der Waals surface area (Å²) in [6, 6.07) is 6.66. The molecule has 2 aliphatic heterocycles. The van der Waals surface area contributed by atoms with Crippen LogP contribution < -0.4 is 10.1 Å². The molecule has 2 atom stereocenters. The van der Waals surface area contributed by atoms with E-state index in [-0.39, 0.29) is 0 Å². The van der Waals surface area contributed by atoms with Crippen molar-refractivity contribution in [1.29, 1.82) is 0 Å². The minimum atomic E-state index is 0.403. The number of ether oxygens (including phenoxy) is 2. The molecule has 4 heteroatoms. The van der Waals surface area contributed by atoms with E-state index in [1.54, 1.807) is 0 Å². The molecule has 0 bridgehead atoms. The van der Waals surface area contributed by atoms with Crippen LogP contribution in [-0.4, -0.2) is 25.9 Å². The van der Waals surface area contributed by atoms with Gasteiger partial charge in [0.2, 0.25) is 0 Å². The molecule has 3 nitrogen and oxygen atoms in total. The van der Waals surface area contributed by atoms with E-state index < -0.39 is 0 Å². The molecular formula is C16H22BrNO2. The van der Waals surface area contributed by atoms with Crippen LogP contribution >= 0.6 is 15.9 Å². The summed E-state index contributed by atoms with van der Waals surface area (Å²) >= 11 is 3.55. The molecule has 1 aromatic carbocycles. The second-order valence-corrected chi connectivity index (χ2v) is 6.52. The summed E-state index contributed by atoms with van der Waals surface area (Å²) in [5, 5.41) is 3.67. The lowest BCUT2D eigenvalue weighted by atomic mass is 10.00. The second kappa shape index (κ2) is 6.92. The van der Waals surface area contributed by atoms with E-state index in [2.05, 4.69) is 33.4 Å². The SMILES string of the molecule is Brc1ccc2c(c1)C(NCCC1CCCCO1)CCO2. The van der Waals surface area contributed by atoms with Gasteiger partial charge >= 0.3 is 0 Å². The Labute approximate surface area is 129 Å². The summed E-state index contributed by atoms with van der Waals surface area (Å²) < 4.78 is 12.6. The number of hydrogen-bond donors (Lipinski definition) is 1. The van der Waals surface area contributed by atoms with Crippen LogP contribution in [0.4, 0.5) is 0 Å². The van der Waals surface area contributed by atoms with Crippen molar-refractivity contribution in [3.05, 3.63) is 28.2 Å². The van der Waals surface area contributed by atoms with Gasteiger partial charge in [0.15, 0.2) is 0 Å². The molecule has 1 saturated heterocycles. The molecule has 0 aliphatic carbocycles. The lowest BCUT2D eigenvalue weighted by Gasteiger charge is -2.28. The maximum atomic E-state index is 5.78. The highest BCUT2D eigenvalue weighted by Crippen LogP contribution is 2.34. The van der Waals surface area contributed by atoms with Crippen LogP contribution in [0.15, 0.2) is 22.7 Å². The van der Waals surface area contributed by atoms with Crippen LogP contribution in [-0.2, 0) is 4.74 Å². The van der Waals surface area contributed by atoms with Crippen molar-refractivity contribution in [3.63, 3.8) is 0 Å². The van der Waals surface area contributed by atoms with Gasteiger partial charge in [-0.2, -0.15) is 0 Å². The van der Waals surface area contributed by atoms with E-state index >= 15 is 0 Å². The van der Waals surface area contributed by atoms with E-state index in [9.17, 15) is 0 Å². The van der Waals surface area contributed by atoms with Crippen LogP contribution in [0.2, 0.25) is 0 Å². The van der Waals surface area contributed by atoms with Gasteiger partial charge < -0.3 is 14.8 Å². The molecule has 1 N–H and O–H groups in total. The highest BCUT2D eigenvalue weighted by molar-refractivity contribution is 9.10. The number of fused-ring (bicyclic) bond motifs is 1. The molecule has 3 rings (SSSR count). The molecule has 0 saturated carbocycles. The molecule has 20 heavy (non-hydrogen) atoms. The molecule has 110 valence electrons. The maximum absolute atomic E-state index is 5.78. The van der Waals surface area contributed by atoms with Crippen molar-refractivity contribution in [2.24, 2.45) is 0 Å². The van der Waals surface area contributed by atoms with Crippen LogP contribution in [0.3, 0.4) is 0 Å². The molecule has 0 spiro atoms. The van der Waals surface area contributed by atoms with E-state index in [4.69, 9.17) is 9.47 Å². The van der Waals surface area contributed by atoms with Gasteiger partial charge in [0.25, 0.3) is 0 Å². The van der Waals surface area contributed by atoms with Gasteiger partial charge in [-0.15, -0.1) is 0 Å². The zero-order valence-electron chi connectivity index (χ0n) is 11.7. The first-order chi connectivity index (χ1) is 9.83. The van der Waals surface area contributed by atoms with Crippen molar-refractivity contribution < 1.29 is 9.47 Å². The van der Waals surface area contributed by atoms with Crippen LogP contribution in [0, 0.1) is 0 Å². The lowest BCUT2D eigenvalue weighted by Crippen LogP contribution is -2.31. The van der Waals surface area contributed by atoms with Gasteiger partial charge in [-0.25, -0.2) is 0 Å². The Morgan fingerprint density at radius 2 is 2.15 bits per heavy atom. The number of halogens is 1. The monoisotopic (exact) mass is 339 g/mol. The fourth-order valence-electron chi connectivity index (χ4n) is 3.03. The van der Waals surface area contributed by atoms with E-state index in [0.717, 1.165) is 42.8 Å². The fourth-order valence-corrected chi connectivity index (χ4v) is 3.41. The fraction of sp³-hybridized carbons (Fsp3) is 0.625. The minimum Gasteiger partial charge on any atom is -0.493 e. The first kappa shape index (κ1) is 14.4. The summed E-state index contributed by atoms with van der Waals surface area (Å²) in [5.74, 6) is 1.02. The van der Waals surface area contributed by atoms with Gasteiger partial charge in [-0.1, -0.05) is 15.9 Å². The van der Waals surface area contributed by atoms with Crippen LogP contribution in [0.1, 0.15) is 43.7 Å². The summed E-state index contributed by atoms with van der Waals surface area (Å²) in [4.78, 5) is 0. The van der Waals surface area contributed by atoms with Gasteiger partial charge in [-0.05, 0) is 50.4 Å². The molecule has 2 heterocycles. The van der Waals surface area contributed by atoms with Gasteiger partial charge in [0.05, 0.1) is 12.7 Å². The van der Waals surface area contributed by atoms with Gasteiger partial charge in [0.1, 0.15) is 5.75 Å². The summed E-state index contributed by atoms with van der Waals surface area (Å²) in [6.07, 6.45) is 6.37. The molecule has 1 fully saturated rings. The van der Waals surface area contributed by atoms with Gasteiger partial charge in [0, 0.05) is 29.1 Å². The highest BCUT2D eigenvalue weighted by atomic mass is 79.9. The molecule has 1 aromatic rings. The van der Waals surface area contributed by atoms with Gasteiger partial charge in [-0.3, -0.25) is 0 Å². The van der Waals surface area contributed by atoms with Crippen LogP contribution in [0.25, 0.3) is 0 Å². The Kier molecular flexibility index (Phi) is 4.97. The zero-order chi connectivity index (χ0) is 13.8. The highest BCUT2D eigenvalue weighted by Gasteiger charge is 2.22. The third-order valence-electron chi connectivity index (χ3n) is 4.14. The predicted octanol–water partition coefficient (Wildman–Crippen LogP) is 3.82. The quantitative estimate of drug-likeness (QED) is 0.904. The number of nitrogens with one attached hydrogen (secondary N) is 1. The molecule has 2 aliphatic rings. The smallest absolute Gasteiger partial charge is 0.124 e. The number of hydrogen-bond acceptors (Lipinski definition) is 3. The van der Waals surface area contributed by atoms with Crippen molar-refractivity contribution in [1.82, 2.24) is 5.32 Å². The topological polar surface area (TPSA) is 30.5 Å². The predicted molar refractivity (Wildman–Crippen MR) is 83.2 cm³/mol. The average Bonchev–Trinajstić information content (AvgIpc) is 2.49. The number of rotatable bonds is 4. The van der Waals surface area contributed by atoms with E-state index in [1.165, 1.54) is 24.8 Å². The normalized spacial score (nSPS) is 25.9.